The van der Waals surface area contributed by atoms with Crippen LogP contribution in [0.4, 0.5) is 0 Å². The molecule has 0 aliphatic heterocycles. The summed E-state index contributed by atoms with van der Waals surface area (Å²) in [7, 11) is 0. The Kier molecular flexibility index (Phi) is 7.36. The molecule has 0 spiro atoms. The van der Waals surface area contributed by atoms with Gasteiger partial charge >= 0.3 is 0 Å². The Balaban J connectivity index is 2.67. The van der Waals surface area contributed by atoms with Gasteiger partial charge in [0, 0.05) is 25.2 Å². The van der Waals surface area contributed by atoms with Crippen molar-refractivity contribution < 1.29 is 5.11 Å². The summed E-state index contributed by atoms with van der Waals surface area (Å²) in [5.41, 5.74) is 2.28. The summed E-state index contributed by atoms with van der Waals surface area (Å²) in [6, 6.07) is 8.33. The molecule has 110 valence electrons. The standard InChI is InChI=1S/C18H27NO/c1-15(2)12-19(13-16(3)4)14-18-9-7-17(8-10-18)6-5-11-20/h7-10,15-16,20H,11-14H2,1-4H3. The monoisotopic (exact) mass is 273 g/mol. The van der Waals surface area contributed by atoms with E-state index < -0.39 is 0 Å². The highest BCUT2D eigenvalue weighted by atomic mass is 16.2. The minimum atomic E-state index is -0.0850. The molecule has 0 aliphatic rings. The summed E-state index contributed by atoms with van der Waals surface area (Å²) >= 11 is 0. The highest BCUT2D eigenvalue weighted by Gasteiger charge is 2.10. The first-order valence-corrected chi connectivity index (χ1v) is 7.42. The third-order valence-electron chi connectivity index (χ3n) is 2.92. The van der Waals surface area contributed by atoms with E-state index >= 15 is 0 Å². The van der Waals surface area contributed by atoms with Gasteiger partial charge < -0.3 is 5.11 Å². The highest BCUT2D eigenvalue weighted by molar-refractivity contribution is 5.36. The lowest BCUT2D eigenvalue weighted by atomic mass is 10.1. The Bertz CT molecular complexity index is 427. The number of aliphatic hydroxyl groups excluding tert-OH is 1. The first kappa shape index (κ1) is 16.8. The predicted octanol–water partition coefficient (Wildman–Crippen LogP) is 3.14. The van der Waals surface area contributed by atoms with E-state index in [1.165, 1.54) is 5.56 Å². The van der Waals surface area contributed by atoms with Crippen molar-refractivity contribution in [3.05, 3.63) is 35.4 Å². The van der Waals surface area contributed by atoms with Crippen LogP contribution in [-0.2, 0) is 6.54 Å². The normalized spacial score (nSPS) is 11.0. The van der Waals surface area contributed by atoms with Crippen LogP contribution in [0.1, 0.15) is 38.8 Å². The van der Waals surface area contributed by atoms with Crippen molar-refractivity contribution in [3.63, 3.8) is 0 Å². The molecule has 0 saturated carbocycles. The summed E-state index contributed by atoms with van der Waals surface area (Å²) in [5, 5.41) is 8.69. The van der Waals surface area contributed by atoms with Gasteiger partial charge in [-0.1, -0.05) is 51.7 Å². The third-order valence-corrected chi connectivity index (χ3v) is 2.92. The van der Waals surface area contributed by atoms with Crippen LogP contribution in [0.2, 0.25) is 0 Å². The zero-order valence-electron chi connectivity index (χ0n) is 13.2. The van der Waals surface area contributed by atoms with Gasteiger partial charge in [0.15, 0.2) is 0 Å². The molecule has 2 nitrogen and oxygen atoms in total. The Labute approximate surface area is 123 Å². The summed E-state index contributed by atoms with van der Waals surface area (Å²) in [4.78, 5) is 2.52. The van der Waals surface area contributed by atoms with Gasteiger partial charge in [-0.05, 0) is 29.5 Å². The second-order valence-corrected chi connectivity index (χ2v) is 6.14. The highest BCUT2D eigenvalue weighted by Crippen LogP contribution is 2.11. The van der Waals surface area contributed by atoms with Gasteiger partial charge in [0.1, 0.15) is 6.61 Å². The molecule has 0 unspecified atom stereocenters. The van der Waals surface area contributed by atoms with Gasteiger partial charge in [-0.2, -0.15) is 0 Å². The molecule has 20 heavy (non-hydrogen) atoms. The SMILES string of the molecule is CC(C)CN(Cc1ccc(C#CCO)cc1)CC(C)C. The molecule has 0 atom stereocenters. The van der Waals surface area contributed by atoms with Gasteiger partial charge in [0.25, 0.3) is 0 Å². The molecule has 0 fully saturated rings. The van der Waals surface area contributed by atoms with Crippen LogP contribution < -0.4 is 0 Å². The summed E-state index contributed by atoms with van der Waals surface area (Å²) in [6.07, 6.45) is 0. The maximum absolute atomic E-state index is 8.69. The van der Waals surface area contributed by atoms with Crippen LogP contribution in [0.25, 0.3) is 0 Å². The molecule has 1 N–H and O–H groups in total. The quantitative estimate of drug-likeness (QED) is 0.805. The lowest BCUT2D eigenvalue weighted by molar-refractivity contribution is 0.211. The molecule has 1 aromatic rings. The van der Waals surface area contributed by atoms with Crippen LogP contribution in [0.15, 0.2) is 24.3 Å². The van der Waals surface area contributed by atoms with Gasteiger partial charge in [0.05, 0.1) is 0 Å². The Morgan fingerprint density at radius 3 is 2.00 bits per heavy atom. The van der Waals surface area contributed by atoms with E-state index in [0.29, 0.717) is 11.8 Å². The lowest BCUT2D eigenvalue weighted by Crippen LogP contribution is -2.30. The topological polar surface area (TPSA) is 23.5 Å². The molecule has 0 aliphatic carbocycles. The minimum Gasteiger partial charge on any atom is -0.384 e. The van der Waals surface area contributed by atoms with E-state index in [1.54, 1.807) is 0 Å². The van der Waals surface area contributed by atoms with E-state index in [2.05, 4.69) is 56.6 Å². The van der Waals surface area contributed by atoms with Crippen LogP contribution >= 0.6 is 0 Å². The second-order valence-electron chi connectivity index (χ2n) is 6.14. The van der Waals surface area contributed by atoms with Crippen molar-refractivity contribution in [2.24, 2.45) is 11.8 Å². The van der Waals surface area contributed by atoms with E-state index in [0.717, 1.165) is 25.2 Å². The molecule has 0 aromatic heterocycles. The van der Waals surface area contributed by atoms with Gasteiger partial charge in [-0.3, -0.25) is 4.90 Å². The molecular weight excluding hydrogens is 246 g/mol. The molecule has 0 saturated heterocycles. The van der Waals surface area contributed by atoms with Crippen molar-refractivity contribution in [1.29, 1.82) is 0 Å². The Morgan fingerprint density at radius 2 is 1.55 bits per heavy atom. The van der Waals surface area contributed by atoms with Gasteiger partial charge in [0.2, 0.25) is 0 Å². The molecule has 0 heterocycles. The molecular formula is C18H27NO. The van der Waals surface area contributed by atoms with E-state index in [1.807, 2.05) is 12.1 Å². The fraction of sp³-hybridized carbons (Fsp3) is 0.556. The van der Waals surface area contributed by atoms with Gasteiger partial charge in [-0.15, -0.1) is 0 Å². The number of rotatable bonds is 6. The average Bonchev–Trinajstić information content (AvgIpc) is 2.36. The zero-order valence-corrected chi connectivity index (χ0v) is 13.2. The van der Waals surface area contributed by atoms with Crippen LogP contribution in [0.5, 0.6) is 0 Å². The number of hydrogen-bond donors (Lipinski definition) is 1. The van der Waals surface area contributed by atoms with Crippen molar-refractivity contribution in [1.82, 2.24) is 4.90 Å². The molecule has 0 amide bonds. The van der Waals surface area contributed by atoms with Crippen LogP contribution in [-0.4, -0.2) is 29.7 Å². The van der Waals surface area contributed by atoms with Crippen molar-refractivity contribution >= 4 is 0 Å². The summed E-state index contributed by atoms with van der Waals surface area (Å²) in [5.74, 6) is 6.97. The number of benzene rings is 1. The number of aliphatic hydroxyl groups is 1. The maximum Gasteiger partial charge on any atom is 0.104 e. The van der Waals surface area contributed by atoms with E-state index in [-0.39, 0.29) is 6.61 Å². The molecule has 1 rings (SSSR count). The molecule has 0 bridgehead atoms. The number of hydrogen-bond acceptors (Lipinski definition) is 2. The lowest BCUT2D eigenvalue weighted by Gasteiger charge is -2.26. The summed E-state index contributed by atoms with van der Waals surface area (Å²) < 4.78 is 0. The van der Waals surface area contributed by atoms with Crippen molar-refractivity contribution in [2.75, 3.05) is 19.7 Å². The predicted molar refractivity (Wildman–Crippen MR) is 85.4 cm³/mol. The minimum absolute atomic E-state index is 0.0850. The molecule has 0 radical (unpaired) electrons. The van der Waals surface area contributed by atoms with Gasteiger partial charge in [-0.25, -0.2) is 0 Å². The largest absolute Gasteiger partial charge is 0.384 e. The van der Waals surface area contributed by atoms with Crippen LogP contribution in [0, 0.1) is 23.7 Å². The zero-order chi connectivity index (χ0) is 15.0. The molecule has 2 heteroatoms. The van der Waals surface area contributed by atoms with E-state index in [9.17, 15) is 0 Å². The first-order valence-electron chi connectivity index (χ1n) is 7.42. The van der Waals surface area contributed by atoms with Crippen molar-refractivity contribution in [3.8, 4) is 11.8 Å². The van der Waals surface area contributed by atoms with Crippen LogP contribution in [0.3, 0.4) is 0 Å². The second kappa shape index (κ2) is 8.79. The first-order chi connectivity index (χ1) is 9.51. The van der Waals surface area contributed by atoms with Crippen molar-refractivity contribution in [2.45, 2.75) is 34.2 Å². The number of nitrogens with zero attached hydrogens (tertiary/aromatic N) is 1. The molecule has 1 aromatic carbocycles. The third kappa shape index (κ3) is 6.75. The van der Waals surface area contributed by atoms with E-state index in [4.69, 9.17) is 5.11 Å². The fourth-order valence-corrected chi connectivity index (χ4v) is 2.33. The smallest absolute Gasteiger partial charge is 0.104 e. The fourth-order valence-electron chi connectivity index (χ4n) is 2.33. The Morgan fingerprint density at radius 1 is 1.00 bits per heavy atom. The maximum atomic E-state index is 8.69. The Hall–Kier alpha value is -1.30. The summed E-state index contributed by atoms with van der Waals surface area (Å²) in [6.45, 7) is 12.2. The average molecular weight is 273 g/mol.